The Bertz CT molecular complexity index is 531. The fraction of sp³-hybridized carbons (Fsp3) is 0.571. The lowest BCUT2D eigenvalue weighted by atomic mass is 9.76. The van der Waals surface area contributed by atoms with Crippen molar-refractivity contribution in [3.63, 3.8) is 0 Å². The molecule has 102 valence electrons. The standard InChI is InChI=1S/C14H17NO3S/c16-12(15-14(13(17)18)6-3-7-14)10-8-19-11-5-2-1-4-9(10)11/h8H,1-7H2,(H,15,16)(H,17,18). The van der Waals surface area contributed by atoms with Crippen LogP contribution in [0.4, 0.5) is 0 Å². The Morgan fingerprint density at radius 3 is 2.58 bits per heavy atom. The quantitative estimate of drug-likeness (QED) is 0.892. The average molecular weight is 279 g/mol. The first-order valence-electron chi connectivity index (χ1n) is 6.77. The van der Waals surface area contributed by atoms with Gasteiger partial charge in [-0.15, -0.1) is 11.3 Å². The van der Waals surface area contributed by atoms with E-state index in [1.807, 2.05) is 5.38 Å². The summed E-state index contributed by atoms with van der Waals surface area (Å²) in [5, 5.41) is 13.9. The molecule has 0 atom stereocenters. The van der Waals surface area contributed by atoms with E-state index in [9.17, 15) is 14.7 Å². The molecule has 1 amide bonds. The van der Waals surface area contributed by atoms with E-state index in [-0.39, 0.29) is 5.91 Å². The minimum atomic E-state index is -1.01. The molecule has 1 aromatic rings. The molecule has 4 nitrogen and oxygen atoms in total. The van der Waals surface area contributed by atoms with Crippen molar-refractivity contribution in [2.24, 2.45) is 0 Å². The zero-order valence-electron chi connectivity index (χ0n) is 10.7. The first kappa shape index (κ1) is 12.7. The number of hydrogen-bond donors (Lipinski definition) is 2. The number of carboxylic acid groups (broad SMARTS) is 1. The van der Waals surface area contributed by atoms with Gasteiger partial charge in [0.05, 0.1) is 5.56 Å². The van der Waals surface area contributed by atoms with Crippen LogP contribution in [0, 0.1) is 0 Å². The van der Waals surface area contributed by atoms with Gasteiger partial charge in [0.15, 0.2) is 0 Å². The van der Waals surface area contributed by atoms with Gasteiger partial charge < -0.3 is 10.4 Å². The summed E-state index contributed by atoms with van der Waals surface area (Å²) in [6.07, 6.45) is 6.26. The van der Waals surface area contributed by atoms with Crippen LogP contribution in [0.5, 0.6) is 0 Å². The highest BCUT2D eigenvalue weighted by molar-refractivity contribution is 7.10. The van der Waals surface area contributed by atoms with E-state index in [2.05, 4.69) is 5.32 Å². The van der Waals surface area contributed by atoms with Crippen molar-refractivity contribution >= 4 is 23.2 Å². The largest absolute Gasteiger partial charge is 0.480 e. The molecule has 2 aliphatic rings. The number of aliphatic carboxylic acids is 1. The molecule has 19 heavy (non-hydrogen) atoms. The molecule has 1 aromatic heterocycles. The van der Waals surface area contributed by atoms with Crippen LogP contribution in [0.25, 0.3) is 0 Å². The van der Waals surface area contributed by atoms with Crippen LogP contribution >= 0.6 is 11.3 Å². The second kappa shape index (κ2) is 4.63. The monoisotopic (exact) mass is 279 g/mol. The summed E-state index contributed by atoms with van der Waals surface area (Å²) in [6, 6.07) is 0. The van der Waals surface area contributed by atoms with E-state index in [1.165, 1.54) is 11.3 Å². The van der Waals surface area contributed by atoms with Crippen LogP contribution in [-0.4, -0.2) is 22.5 Å². The number of rotatable bonds is 3. The Morgan fingerprint density at radius 1 is 1.21 bits per heavy atom. The van der Waals surface area contributed by atoms with Crippen molar-refractivity contribution in [1.29, 1.82) is 0 Å². The first-order valence-corrected chi connectivity index (χ1v) is 7.65. The minimum absolute atomic E-state index is 0.207. The van der Waals surface area contributed by atoms with Gasteiger partial charge in [0.25, 0.3) is 5.91 Å². The summed E-state index contributed by atoms with van der Waals surface area (Å²) in [5.41, 5.74) is 0.835. The molecule has 0 bridgehead atoms. The molecule has 0 aliphatic heterocycles. The number of fused-ring (bicyclic) bond motifs is 1. The van der Waals surface area contributed by atoms with Gasteiger partial charge in [-0.1, -0.05) is 0 Å². The molecule has 0 unspecified atom stereocenters. The second-order valence-corrected chi connectivity index (χ2v) is 6.42. The number of carboxylic acids is 1. The highest BCUT2D eigenvalue weighted by Crippen LogP contribution is 2.34. The third-order valence-corrected chi connectivity index (χ3v) is 5.36. The molecule has 0 radical (unpaired) electrons. The fourth-order valence-electron chi connectivity index (χ4n) is 2.89. The Hall–Kier alpha value is -1.36. The van der Waals surface area contributed by atoms with Gasteiger partial charge in [0, 0.05) is 10.3 Å². The number of hydrogen-bond acceptors (Lipinski definition) is 3. The predicted octanol–water partition coefficient (Wildman–Crippen LogP) is 2.36. The van der Waals surface area contributed by atoms with Crippen molar-refractivity contribution in [3.8, 4) is 0 Å². The molecular formula is C14H17NO3S. The lowest BCUT2D eigenvalue weighted by molar-refractivity contribution is -0.148. The molecule has 0 spiro atoms. The van der Waals surface area contributed by atoms with Crippen molar-refractivity contribution in [3.05, 3.63) is 21.4 Å². The van der Waals surface area contributed by atoms with Crippen LogP contribution in [0.3, 0.4) is 0 Å². The Balaban J connectivity index is 1.81. The van der Waals surface area contributed by atoms with E-state index in [4.69, 9.17) is 0 Å². The summed E-state index contributed by atoms with van der Waals surface area (Å²) in [4.78, 5) is 24.9. The fourth-order valence-corrected chi connectivity index (χ4v) is 4.02. The minimum Gasteiger partial charge on any atom is -0.480 e. The highest BCUT2D eigenvalue weighted by Gasteiger charge is 2.46. The van der Waals surface area contributed by atoms with Crippen LogP contribution < -0.4 is 5.32 Å². The number of amides is 1. The smallest absolute Gasteiger partial charge is 0.329 e. The van der Waals surface area contributed by atoms with Gasteiger partial charge in [0.1, 0.15) is 5.54 Å². The molecule has 3 rings (SSSR count). The van der Waals surface area contributed by atoms with E-state index in [0.717, 1.165) is 31.2 Å². The maximum absolute atomic E-state index is 12.3. The van der Waals surface area contributed by atoms with Gasteiger partial charge in [-0.25, -0.2) is 4.79 Å². The predicted molar refractivity (Wildman–Crippen MR) is 72.6 cm³/mol. The van der Waals surface area contributed by atoms with Gasteiger partial charge in [0.2, 0.25) is 0 Å². The van der Waals surface area contributed by atoms with Crippen molar-refractivity contribution in [2.75, 3.05) is 0 Å². The maximum Gasteiger partial charge on any atom is 0.329 e. The zero-order valence-corrected chi connectivity index (χ0v) is 11.5. The van der Waals surface area contributed by atoms with E-state index in [1.54, 1.807) is 11.3 Å². The molecule has 2 aliphatic carbocycles. The van der Waals surface area contributed by atoms with Crippen LogP contribution in [0.15, 0.2) is 5.38 Å². The summed E-state index contributed by atoms with van der Waals surface area (Å²) < 4.78 is 0. The van der Waals surface area contributed by atoms with Crippen molar-refractivity contribution in [1.82, 2.24) is 5.32 Å². The summed E-state index contributed by atoms with van der Waals surface area (Å²) in [5.74, 6) is -1.11. The van der Waals surface area contributed by atoms with E-state index >= 15 is 0 Å². The Labute approximate surface area is 115 Å². The number of aryl methyl sites for hydroxylation is 1. The third-order valence-electron chi connectivity index (χ3n) is 4.28. The second-order valence-electron chi connectivity index (χ2n) is 5.45. The topological polar surface area (TPSA) is 66.4 Å². The van der Waals surface area contributed by atoms with Gasteiger partial charge in [-0.3, -0.25) is 4.79 Å². The molecule has 1 saturated carbocycles. The Morgan fingerprint density at radius 2 is 1.95 bits per heavy atom. The first-order chi connectivity index (χ1) is 9.12. The molecule has 1 fully saturated rings. The van der Waals surface area contributed by atoms with Crippen LogP contribution in [0.2, 0.25) is 0 Å². The molecular weight excluding hydrogens is 262 g/mol. The van der Waals surface area contributed by atoms with Gasteiger partial charge >= 0.3 is 5.97 Å². The number of carbonyl (C=O) groups excluding carboxylic acids is 1. The lowest BCUT2D eigenvalue weighted by Gasteiger charge is -2.38. The maximum atomic E-state index is 12.3. The molecule has 0 aromatic carbocycles. The van der Waals surface area contributed by atoms with E-state index in [0.29, 0.717) is 18.4 Å². The lowest BCUT2D eigenvalue weighted by Crippen LogP contribution is -2.59. The van der Waals surface area contributed by atoms with Crippen molar-refractivity contribution < 1.29 is 14.7 Å². The highest BCUT2D eigenvalue weighted by atomic mass is 32.1. The third kappa shape index (κ3) is 2.06. The molecule has 5 heteroatoms. The normalized spacial score (nSPS) is 20.2. The van der Waals surface area contributed by atoms with Gasteiger partial charge in [-0.05, 0) is 50.5 Å². The number of thiophene rings is 1. The Kier molecular flexibility index (Phi) is 3.09. The van der Waals surface area contributed by atoms with E-state index < -0.39 is 11.5 Å². The molecule has 1 heterocycles. The molecule has 2 N–H and O–H groups in total. The summed E-state index contributed by atoms with van der Waals surface area (Å²) in [7, 11) is 0. The SMILES string of the molecule is O=C(NC1(C(=O)O)CCC1)c1csc2c1CCCC2. The van der Waals surface area contributed by atoms with Crippen LogP contribution in [0.1, 0.15) is 52.9 Å². The summed E-state index contributed by atoms with van der Waals surface area (Å²) >= 11 is 1.63. The summed E-state index contributed by atoms with van der Waals surface area (Å²) in [6.45, 7) is 0. The zero-order chi connectivity index (χ0) is 13.5. The van der Waals surface area contributed by atoms with Gasteiger partial charge in [-0.2, -0.15) is 0 Å². The number of nitrogens with one attached hydrogen (secondary N) is 1. The molecule has 0 saturated heterocycles. The number of carbonyl (C=O) groups is 2. The average Bonchev–Trinajstić information content (AvgIpc) is 2.77. The van der Waals surface area contributed by atoms with Crippen LogP contribution in [-0.2, 0) is 17.6 Å². The van der Waals surface area contributed by atoms with Crippen molar-refractivity contribution in [2.45, 2.75) is 50.5 Å².